The average Bonchev–Trinajstić information content (AvgIpc) is 3.32. The Kier molecular flexibility index (Phi) is 7.55. The molecule has 10 heteroatoms. The van der Waals surface area contributed by atoms with E-state index >= 15 is 0 Å². The van der Waals surface area contributed by atoms with E-state index in [0.717, 1.165) is 90.2 Å². The first-order valence-electron chi connectivity index (χ1n) is 14.0. The van der Waals surface area contributed by atoms with Gasteiger partial charge in [0, 0.05) is 59.9 Å². The first-order valence-corrected chi connectivity index (χ1v) is 14.8. The van der Waals surface area contributed by atoms with Gasteiger partial charge in [-0.3, -0.25) is 9.48 Å². The fourth-order valence-electron chi connectivity index (χ4n) is 6.33. The molecule has 2 aromatic carbocycles. The average molecular weight is 608 g/mol. The number of nitrogens with two attached hydrogens (primary N) is 1. The molecule has 2 N–H and O–H groups in total. The van der Waals surface area contributed by atoms with Gasteiger partial charge in [-0.2, -0.15) is 5.10 Å². The third kappa shape index (κ3) is 5.22. The summed E-state index contributed by atoms with van der Waals surface area (Å²) < 4.78 is 8.87. The van der Waals surface area contributed by atoms with Crippen LogP contribution in [0, 0.1) is 6.92 Å². The van der Waals surface area contributed by atoms with E-state index in [1.165, 1.54) is 5.69 Å². The number of amides is 3. The topological polar surface area (TPSA) is 96.9 Å². The lowest BCUT2D eigenvalue weighted by Crippen LogP contribution is -2.51. The van der Waals surface area contributed by atoms with Crippen LogP contribution < -0.4 is 15.4 Å². The van der Waals surface area contributed by atoms with Gasteiger partial charge >= 0.3 is 6.03 Å². The van der Waals surface area contributed by atoms with E-state index in [9.17, 15) is 9.59 Å². The lowest BCUT2D eigenvalue weighted by atomic mass is 9.99. The van der Waals surface area contributed by atoms with Crippen molar-refractivity contribution in [3.05, 3.63) is 63.8 Å². The molecule has 0 radical (unpaired) electrons. The van der Waals surface area contributed by atoms with Crippen LogP contribution in [0.5, 0.6) is 5.75 Å². The molecular formula is C30H35BrN6O3. The number of hydrogen-bond acceptors (Lipinski definition) is 5. The molecule has 210 valence electrons. The Morgan fingerprint density at radius 1 is 1.10 bits per heavy atom. The number of para-hydroxylation sites is 1. The number of carbonyl (C=O) groups excluding carboxylic acids is 2. The number of fused-ring (bicyclic) bond motifs is 2. The Hall–Kier alpha value is -3.37. The smallest absolute Gasteiger partial charge is 0.315 e. The summed E-state index contributed by atoms with van der Waals surface area (Å²) in [6.45, 7) is 7.00. The van der Waals surface area contributed by atoms with Gasteiger partial charge in [0.05, 0.1) is 17.9 Å². The van der Waals surface area contributed by atoms with Crippen LogP contribution >= 0.6 is 15.9 Å². The number of likely N-dealkylation sites (tertiary alicyclic amines) is 1. The van der Waals surface area contributed by atoms with E-state index in [-0.39, 0.29) is 24.6 Å². The monoisotopic (exact) mass is 606 g/mol. The molecule has 9 nitrogen and oxygen atoms in total. The van der Waals surface area contributed by atoms with Crippen molar-refractivity contribution in [2.45, 2.75) is 51.7 Å². The van der Waals surface area contributed by atoms with Crippen LogP contribution in [-0.2, 0) is 24.3 Å². The maximum absolute atomic E-state index is 12.9. The largest absolute Gasteiger partial charge is 0.482 e. The minimum Gasteiger partial charge on any atom is -0.482 e. The SMILES string of the molecule is Cc1cccc2c1N(C1CCN(CCCn3nc(-c4ccc(Br)cc4)c4c3CCN(C(N)=O)C4)CC1)C(=O)CO2. The molecular weight excluding hydrogens is 572 g/mol. The number of hydrogen-bond donors (Lipinski definition) is 1. The number of benzene rings is 2. The highest BCUT2D eigenvalue weighted by Crippen LogP contribution is 2.38. The summed E-state index contributed by atoms with van der Waals surface area (Å²) in [5, 5.41) is 5.03. The van der Waals surface area contributed by atoms with E-state index in [4.69, 9.17) is 15.6 Å². The summed E-state index contributed by atoms with van der Waals surface area (Å²) in [4.78, 5) is 31.0. The van der Waals surface area contributed by atoms with Crippen LogP contribution in [-0.4, -0.2) is 70.3 Å². The molecule has 3 aliphatic heterocycles. The lowest BCUT2D eigenvalue weighted by molar-refractivity contribution is -0.122. The zero-order chi connectivity index (χ0) is 27.8. The number of primary amides is 1. The van der Waals surface area contributed by atoms with Crippen LogP contribution in [0.3, 0.4) is 0 Å². The fraction of sp³-hybridized carbons (Fsp3) is 0.433. The molecule has 3 aromatic rings. The number of urea groups is 1. The van der Waals surface area contributed by atoms with Gasteiger partial charge in [0.2, 0.25) is 0 Å². The zero-order valence-corrected chi connectivity index (χ0v) is 24.4. The van der Waals surface area contributed by atoms with Crippen LogP contribution in [0.1, 0.15) is 36.1 Å². The number of piperidine rings is 1. The summed E-state index contributed by atoms with van der Waals surface area (Å²) in [6.07, 6.45) is 3.64. The van der Waals surface area contributed by atoms with Gasteiger partial charge in [0.25, 0.3) is 5.91 Å². The number of anilines is 1. The van der Waals surface area contributed by atoms with Crippen molar-refractivity contribution in [3.63, 3.8) is 0 Å². The van der Waals surface area contributed by atoms with Crippen LogP contribution in [0.15, 0.2) is 46.9 Å². The molecule has 0 bridgehead atoms. The summed E-state index contributed by atoms with van der Waals surface area (Å²) in [6, 6.07) is 14.0. The van der Waals surface area contributed by atoms with Gasteiger partial charge in [-0.05, 0) is 56.5 Å². The molecule has 1 fully saturated rings. The number of aryl methyl sites for hydroxylation is 2. The van der Waals surface area contributed by atoms with Gasteiger partial charge in [0.15, 0.2) is 6.61 Å². The van der Waals surface area contributed by atoms with E-state index in [1.807, 2.05) is 42.2 Å². The van der Waals surface area contributed by atoms with E-state index in [0.29, 0.717) is 13.1 Å². The third-order valence-corrected chi connectivity index (χ3v) is 8.92. The molecule has 40 heavy (non-hydrogen) atoms. The highest BCUT2D eigenvalue weighted by atomic mass is 79.9. The molecule has 3 amide bonds. The summed E-state index contributed by atoms with van der Waals surface area (Å²) in [5.74, 6) is 0.867. The Morgan fingerprint density at radius 3 is 2.62 bits per heavy atom. The molecule has 0 unspecified atom stereocenters. The molecule has 4 heterocycles. The quantitative estimate of drug-likeness (QED) is 0.450. The predicted molar refractivity (Wildman–Crippen MR) is 157 cm³/mol. The second-order valence-corrected chi connectivity index (χ2v) is 11.8. The second kappa shape index (κ2) is 11.2. The molecule has 0 spiro atoms. The maximum atomic E-state index is 12.9. The molecule has 0 aliphatic carbocycles. The van der Waals surface area contributed by atoms with E-state index in [1.54, 1.807) is 4.90 Å². The van der Waals surface area contributed by atoms with E-state index < -0.39 is 0 Å². The van der Waals surface area contributed by atoms with Crippen LogP contribution in [0.25, 0.3) is 11.3 Å². The van der Waals surface area contributed by atoms with Crippen LogP contribution in [0.2, 0.25) is 0 Å². The first-order chi connectivity index (χ1) is 19.4. The maximum Gasteiger partial charge on any atom is 0.315 e. The molecule has 1 aromatic heterocycles. The number of halogens is 1. The van der Waals surface area contributed by atoms with Crippen molar-refractivity contribution in [1.82, 2.24) is 19.6 Å². The molecule has 0 saturated carbocycles. The number of nitrogens with zero attached hydrogens (tertiary/aromatic N) is 5. The molecule has 3 aliphatic rings. The summed E-state index contributed by atoms with van der Waals surface area (Å²) in [7, 11) is 0. The van der Waals surface area contributed by atoms with Crippen molar-refractivity contribution in [2.24, 2.45) is 5.73 Å². The van der Waals surface area contributed by atoms with Crippen molar-refractivity contribution in [1.29, 1.82) is 0 Å². The Morgan fingerprint density at radius 2 is 1.88 bits per heavy atom. The zero-order valence-electron chi connectivity index (χ0n) is 22.8. The van der Waals surface area contributed by atoms with Crippen molar-refractivity contribution in [3.8, 4) is 17.0 Å². The standard InChI is InChI=1S/C30H35BrN6O3/c1-20-4-2-5-26-29(20)37(27(38)19-40-26)23-10-15-34(16-11-23)13-3-14-36-25-12-17-35(30(32)39)18-24(25)28(33-36)21-6-8-22(31)9-7-21/h2,4-9,23H,3,10-19H2,1H3,(H2,32,39). The van der Waals surface area contributed by atoms with Gasteiger partial charge in [-0.25, -0.2) is 4.79 Å². The first kappa shape index (κ1) is 26.8. The van der Waals surface area contributed by atoms with Gasteiger partial charge in [-0.15, -0.1) is 0 Å². The predicted octanol–water partition coefficient (Wildman–Crippen LogP) is 4.34. The lowest BCUT2D eigenvalue weighted by Gasteiger charge is -2.41. The summed E-state index contributed by atoms with van der Waals surface area (Å²) in [5.41, 5.74) is 11.9. The molecule has 0 atom stereocenters. The van der Waals surface area contributed by atoms with Crippen molar-refractivity contribution >= 4 is 33.6 Å². The molecule has 6 rings (SSSR count). The van der Waals surface area contributed by atoms with Crippen molar-refractivity contribution in [2.75, 3.05) is 37.7 Å². The fourth-order valence-corrected chi connectivity index (χ4v) is 6.59. The minimum absolute atomic E-state index is 0.0557. The normalized spacial score (nSPS) is 17.9. The highest BCUT2D eigenvalue weighted by Gasteiger charge is 2.35. The number of ether oxygens (including phenoxy) is 1. The minimum atomic E-state index is -0.388. The Balaban J connectivity index is 1.10. The Labute approximate surface area is 243 Å². The Bertz CT molecular complexity index is 1410. The molecule has 1 saturated heterocycles. The van der Waals surface area contributed by atoms with Gasteiger partial charge in [-0.1, -0.05) is 40.2 Å². The van der Waals surface area contributed by atoms with Gasteiger partial charge in [0.1, 0.15) is 5.75 Å². The van der Waals surface area contributed by atoms with E-state index in [2.05, 4.69) is 37.6 Å². The summed E-state index contributed by atoms with van der Waals surface area (Å²) >= 11 is 3.51. The highest BCUT2D eigenvalue weighted by molar-refractivity contribution is 9.10. The number of rotatable bonds is 6. The van der Waals surface area contributed by atoms with Crippen LogP contribution in [0.4, 0.5) is 10.5 Å². The number of carbonyl (C=O) groups is 2. The second-order valence-electron chi connectivity index (χ2n) is 10.9. The van der Waals surface area contributed by atoms with Crippen molar-refractivity contribution < 1.29 is 14.3 Å². The third-order valence-electron chi connectivity index (χ3n) is 8.39. The number of aromatic nitrogens is 2. The van der Waals surface area contributed by atoms with Gasteiger partial charge < -0.3 is 25.2 Å².